The lowest BCUT2D eigenvalue weighted by Crippen LogP contribution is -2.45. The molecule has 2 unspecified atom stereocenters. The fourth-order valence-corrected chi connectivity index (χ4v) is 3.45. The highest BCUT2D eigenvalue weighted by molar-refractivity contribution is 5.68. The van der Waals surface area contributed by atoms with Crippen LogP contribution in [0.5, 0.6) is 5.88 Å². The van der Waals surface area contributed by atoms with E-state index in [0.717, 1.165) is 24.8 Å². The second-order valence-corrected chi connectivity index (χ2v) is 5.99. The fourth-order valence-electron chi connectivity index (χ4n) is 3.45. The van der Waals surface area contributed by atoms with Gasteiger partial charge in [-0.3, -0.25) is 4.90 Å². The molecule has 0 amide bonds. The molecule has 1 aromatic heterocycles. The monoisotopic (exact) mass is 312 g/mol. The minimum absolute atomic E-state index is 0.318. The van der Waals surface area contributed by atoms with Crippen molar-refractivity contribution in [3.63, 3.8) is 0 Å². The highest BCUT2D eigenvalue weighted by Gasteiger charge is 2.37. The molecule has 120 valence electrons. The Kier molecular flexibility index (Phi) is 3.89. The van der Waals surface area contributed by atoms with Crippen LogP contribution in [0.25, 0.3) is 5.57 Å². The number of likely N-dealkylation sites (N-methyl/N-ethyl adjacent to an activating group) is 1. The van der Waals surface area contributed by atoms with Crippen LogP contribution in [0.4, 0.5) is 13.2 Å². The van der Waals surface area contributed by atoms with Crippen molar-refractivity contribution in [1.82, 2.24) is 9.88 Å². The lowest BCUT2D eigenvalue weighted by atomic mass is 9.83. The largest absolute Gasteiger partial charge is 0.481 e. The van der Waals surface area contributed by atoms with Crippen molar-refractivity contribution in [3.8, 4) is 5.88 Å². The van der Waals surface area contributed by atoms with E-state index in [4.69, 9.17) is 4.74 Å². The van der Waals surface area contributed by atoms with Crippen LogP contribution in [0.2, 0.25) is 0 Å². The van der Waals surface area contributed by atoms with Crippen LogP contribution in [0.3, 0.4) is 0 Å². The predicted molar refractivity (Wildman–Crippen MR) is 77.6 cm³/mol. The van der Waals surface area contributed by atoms with Crippen LogP contribution in [0.15, 0.2) is 18.3 Å². The van der Waals surface area contributed by atoms with E-state index in [2.05, 4.69) is 23.0 Å². The Bertz CT molecular complexity index is 598. The molecule has 0 saturated carbocycles. The number of pyridine rings is 1. The Balaban J connectivity index is 1.99. The second-order valence-electron chi connectivity index (χ2n) is 5.99. The molecule has 3 heterocycles. The van der Waals surface area contributed by atoms with Crippen molar-refractivity contribution < 1.29 is 17.9 Å². The first-order valence-electron chi connectivity index (χ1n) is 7.44. The van der Waals surface area contributed by atoms with Crippen molar-refractivity contribution in [2.24, 2.45) is 0 Å². The Morgan fingerprint density at radius 1 is 1.32 bits per heavy atom. The zero-order valence-corrected chi connectivity index (χ0v) is 12.7. The van der Waals surface area contributed by atoms with Gasteiger partial charge in [-0.05, 0) is 43.5 Å². The Labute approximate surface area is 127 Å². The molecule has 2 bridgehead atoms. The summed E-state index contributed by atoms with van der Waals surface area (Å²) in [6.07, 6.45) is 3.24. The summed E-state index contributed by atoms with van der Waals surface area (Å²) < 4.78 is 44.1. The van der Waals surface area contributed by atoms with Crippen LogP contribution in [-0.2, 0) is 6.18 Å². The molecule has 2 aliphatic heterocycles. The molecule has 2 atom stereocenters. The maximum Gasteiger partial charge on any atom is 0.421 e. The van der Waals surface area contributed by atoms with Crippen molar-refractivity contribution in [1.29, 1.82) is 0 Å². The molecule has 0 aromatic carbocycles. The van der Waals surface area contributed by atoms with E-state index < -0.39 is 11.7 Å². The molecule has 2 aliphatic rings. The number of nitrogens with zero attached hydrogens (tertiary/aromatic N) is 2. The first-order chi connectivity index (χ1) is 10.4. The Hall–Kier alpha value is -1.56. The lowest BCUT2D eigenvalue weighted by Gasteiger charge is -2.42. The fraction of sp³-hybridized carbons (Fsp3) is 0.562. The maximum absolute atomic E-state index is 13.1. The van der Waals surface area contributed by atoms with Gasteiger partial charge in [0.05, 0.1) is 7.11 Å². The van der Waals surface area contributed by atoms with E-state index >= 15 is 0 Å². The summed E-state index contributed by atoms with van der Waals surface area (Å²) in [6, 6.07) is 1.90. The summed E-state index contributed by atoms with van der Waals surface area (Å²) >= 11 is 0. The zero-order chi connectivity index (χ0) is 15.9. The summed E-state index contributed by atoms with van der Waals surface area (Å²) in [5.41, 5.74) is 0.712. The number of aromatic nitrogens is 1. The molecule has 3 nitrogen and oxygen atoms in total. The summed E-state index contributed by atoms with van der Waals surface area (Å²) in [5, 5.41) is 0. The molecule has 0 radical (unpaired) electrons. The van der Waals surface area contributed by atoms with Crippen molar-refractivity contribution in [3.05, 3.63) is 29.5 Å². The number of piperidine rings is 1. The number of rotatable bonds is 2. The van der Waals surface area contributed by atoms with Crippen molar-refractivity contribution in [2.75, 3.05) is 14.2 Å². The lowest BCUT2D eigenvalue weighted by molar-refractivity contribution is -0.139. The first-order valence-corrected chi connectivity index (χ1v) is 7.44. The summed E-state index contributed by atoms with van der Waals surface area (Å²) in [5.74, 6) is -0.370. The molecule has 0 aliphatic carbocycles. The van der Waals surface area contributed by atoms with E-state index in [1.807, 2.05) is 0 Å². The number of halogens is 3. The van der Waals surface area contributed by atoms with Crippen LogP contribution in [0, 0.1) is 0 Å². The van der Waals surface area contributed by atoms with Crippen LogP contribution < -0.4 is 4.74 Å². The van der Waals surface area contributed by atoms with Gasteiger partial charge in [-0.1, -0.05) is 12.5 Å². The van der Waals surface area contributed by atoms with Crippen LogP contribution in [-0.4, -0.2) is 36.1 Å². The molecule has 0 spiro atoms. The SMILES string of the molecule is COc1ncc(C2=CC3CCCC(C2)N3C)cc1C(F)(F)F. The van der Waals surface area contributed by atoms with Crippen LogP contribution in [0.1, 0.15) is 36.8 Å². The number of methoxy groups -OCH3 is 1. The van der Waals surface area contributed by atoms with E-state index in [-0.39, 0.29) is 5.88 Å². The van der Waals surface area contributed by atoms with Gasteiger partial charge < -0.3 is 4.74 Å². The highest BCUT2D eigenvalue weighted by atomic mass is 19.4. The van der Waals surface area contributed by atoms with Gasteiger partial charge >= 0.3 is 6.18 Å². The van der Waals surface area contributed by atoms with Gasteiger partial charge in [-0.15, -0.1) is 0 Å². The molecular weight excluding hydrogens is 293 g/mol. The molecule has 1 fully saturated rings. The zero-order valence-electron chi connectivity index (χ0n) is 12.7. The molecule has 3 rings (SSSR count). The predicted octanol–water partition coefficient (Wildman–Crippen LogP) is 3.75. The summed E-state index contributed by atoms with van der Waals surface area (Å²) in [6.45, 7) is 0. The van der Waals surface area contributed by atoms with Gasteiger partial charge in [-0.25, -0.2) is 4.98 Å². The topological polar surface area (TPSA) is 25.4 Å². The molecule has 0 N–H and O–H groups in total. The number of hydrogen-bond donors (Lipinski definition) is 0. The third kappa shape index (κ3) is 2.72. The molecule has 22 heavy (non-hydrogen) atoms. The van der Waals surface area contributed by atoms with E-state index in [0.29, 0.717) is 17.6 Å². The number of ether oxygens (including phenoxy) is 1. The minimum Gasteiger partial charge on any atom is -0.481 e. The van der Waals surface area contributed by atoms with Gasteiger partial charge in [0.2, 0.25) is 5.88 Å². The van der Waals surface area contributed by atoms with E-state index in [1.165, 1.54) is 25.8 Å². The normalized spacial score (nSPS) is 25.8. The van der Waals surface area contributed by atoms with Gasteiger partial charge in [0.1, 0.15) is 5.56 Å². The average Bonchev–Trinajstić information content (AvgIpc) is 2.45. The quantitative estimate of drug-likeness (QED) is 0.831. The van der Waals surface area contributed by atoms with Gasteiger partial charge in [0, 0.05) is 18.3 Å². The van der Waals surface area contributed by atoms with E-state index in [1.54, 1.807) is 0 Å². The summed E-state index contributed by atoms with van der Waals surface area (Å²) in [4.78, 5) is 6.18. The first kappa shape index (κ1) is 15.3. The average molecular weight is 312 g/mol. The van der Waals surface area contributed by atoms with Gasteiger partial charge in [0.25, 0.3) is 0 Å². The van der Waals surface area contributed by atoms with E-state index in [9.17, 15) is 13.2 Å². The number of hydrogen-bond acceptors (Lipinski definition) is 3. The van der Waals surface area contributed by atoms with Crippen molar-refractivity contribution >= 4 is 5.57 Å². The third-order valence-corrected chi connectivity index (χ3v) is 4.71. The summed E-state index contributed by atoms with van der Waals surface area (Å²) in [7, 11) is 3.30. The smallest absolute Gasteiger partial charge is 0.421 e. The third-order valence-electron chi connectivity index (χ3n) is 4.71. The van der Waals surface area contributed by atoms with Crippen LogP contribution >= 0.6 is 0 Å². The number of fused-ring (bicyclic) bond motifs is 2. The maximum atomic E-state index is 13.1. The highest BCUT2D eigenvalue weighted by Crippen LogP contribution is 2.40. The van der Waals surface area contributed by atoms with Gasteiger partial charge in [0.15, 0.2) is 0 Å². The molecule has 1 aromatic rings. The standard InChI is InChI=1S/C16H19F3N2O/c1-21-12-4-3-5-13(21)7-10(6-12)11-8-14(16(17,18)19)15(22-2)20-9-11/h6,8-9,12-13H,3-5,7H2,1-2H3. The second kappa shape index (κ2) is 5.57. The number of alkyl halides is 3. The molecule has 6 heteroatoms. The Morgan fingerprint density at radius 2 is 2.09 bits per heavy atom. The molecule has 1 saturated heterocycles. The minimum atomic E-state index is -4.46. The molecular formula is C16H19F3N2O. The van der Waals surface area contributed by atoms with Crippen molar-refractivity contribution in [2.45, 2.75) is 43.9 Å². The van der Waals surface area contributed by atoms with Gasteiger partial charge in [-0.2, -0.15) is 13.2 Å². The Morgan fingerprint density at radius 3 is 2.73 bits per heavy atom.